The molecule has 0 aromatic carbocycles. The molecule has 1 fully saturated rings. The summed E-state index contributed by atoms with van der Waals surface area (Å²) >= 11 is 0. The van der Waals surface area contributed by atoms with Crippen LogP contribution in [0.4, 0.5) is 5.69 Å². The number of aldehydes is 1. The van der Waals surface area contributed by atoms with Gasteiger partial charge in [-0.15, -0.1) is 0 Å². The maximum atomic E-state index is 10.8. The zero-order valence-electron chi connectivity index (χ0n) is 11.6. The van der Waals surface area contributed by atoms with E-state index in [0.717, 1.165) is 49.2 Å². The van der Waals surface area contributed by atoms with E-state index in [1.54, 1.807) is 6.20 Å². The van der Waals surface area contributed by atoms with Crippen molar-refractivity contribution >= 4 is 12.0 Å². The van der Waals surface area contributed by atoms with E-state index in [1.165, 1.54) is 0 Å². The molecule has 0 amide bonds. The molecule has 0 spiro atoms. The fourth-order valence-corrected chi connectivity index (χ4v) is 2.64. The summed E-state index contributed by atoms with van der Waals surface area (Å²) in [6, 6.07) is 1.98. The van der Waals surface area contributed by atoms with Crippen LogP contribution in [0.15, 0.2) is 30.9 Å². The monoisotopic (exact) mass is 270 g/mol. The summed E-state index contributed by atoms with van der Waals surface area (Å²) in [6.07, 6.45) is 10.4. The van der Waals surface area contributed by atoms with Crippen molar-refractivity contribution in [1.82, 2.24) is 14.8 Å². The van der Waals surface area contributed by atoms with Crippen LogP contribution in [0.1, 0.15) is 18.4 Å². The molecule has 0 radical (unpaired) electrons. The Kier molecular flexibility index (Phi) is 3.50. The molecule has 0 atom stereocenters. The van der Waals surface area contributed by atoms with Crippen LogP contribution in [-0.2, 0) is 4.79 Å². The van der Waals surface area contributed by atoms with Gasteiger partial charge in [-0.3, -0.25) is 4.98 Å². The molecule has 3 rings (SSSR count). The summed E-state index contributed by atoms with van der Waals surface area (Å²) in [5.74, 6) is 0.207. The van der Waals surface area contributed by atoms with Crippen LogP contribution < -0.4 is 4.90 Å². The topological polar surface area (TPSA) is 51.0 Å². The molecule has 1 aliphatic heterocycles. The molecule has 20 heavy (non-hydrogen) atoms. The van der Waals surface area contributed by atoms with Gasteiger partial charge in [-0.05, 0) is 31.4 Å². The molecular weight excluding hydrogens is 252 g/mol. The number of pyridine rings is 1. The van der Waals surface area contributed by atoms with Crippen LogP contribution in [0, 0.1) is 12.8 Å². The number of carbonyl (C=O) groups excluding carboxylic acids is 1. The van der Waals surface area contributed by atoms with Gasteiger partial charge in [0.2, 0.25) is 0 Å². The van der Waals surface area contributed by atoms with Gasteiger partial charge in [0.1, 0.15) is 6.29 Å². The van der Waals surface area contributed by atoms with Crippen molar-refractivity contribution in [2.45, 2.75) is 19.8 Å². The average Bonchev–Trinajstić information content (AvgIpc) is 2.94. The zero-order chi connectivity index (χ0) is 13.9. The molecule has 0 saturated carbocycles. The van der Waals surface area contributed by atoms with Gasteiger partial charge in [-0.25, -0.2) is 4.68 Å². The van der Waals surface area contributed by atoms with E-state index >= 15 is 0 Å². The highest BCUT2D eigenvalue weighted by Crippen LogP contribution is 2.27. The van der Waals surface area contributed by atoms with Gasteiger partial charge >= 0.3 is 0 Å². The molecule has 5 heteroatoms. The van der Waals surface area contributed by atoms with Gasteiger partial charge in [0.15, 0.2) is 0 Å². The summed E-state index contributed by atoms with van der Waals surface area (Å²) in [5, 5.41) is 4.38. The van der Waals surface area contributed by atoms with Crippen LogP contribution in [0.5, 0.6) is 0 Å². The van der Waals surface area contributed by atoms with Gasteiger partial charge in [-0.2, -0.15) is 5.10 Å². The van der Waals surface area contributed by atoms with Gasteiger partial charge in [0.05, 0.1) is 23.8 Å². The van der Waals surface area contributed by atoms with Crippen molar-refractivity contribution in [2.24, 2.45) is 5.92 Å². The van der Waals surface area contributed by atoms with Gasteiger partial charge in [0, 0.05) is 31.4 Å². The number of hydrogen-bond acceptors (Lipinski definition) is 4. The predicted octanol–water partition coefficient (Wildman–Crippen LogP) is 1.99. The minimum atomic E-state index is 0.207. The summed E-state index contributed by atoms with van der Waals surface area (Å²) < 4.78 is 1.89. The third-order valence-corrected chi connectivity index (χ3v) is 3.81. The Morgan fingerprint density at radius 2 is 2.05 bits per heavy atom. The first-order valence-corrected chi connectivity index (χ1v) is 6.94. The molecule has 3 heterocycles. The Balaban J connectivity index is 1.89. The highest BCUT2D eigenvalue weighted by molar-refractivity contribution is 5.62. The summed E-state index contributed by atoms with van der Waals surface area (Å²) in [7, 11) is 0. The molecule has 2 aromatic rings. The highest BCUT2D eigenvalue weighted by atomic mass is 16.1. The molecule has 0 N–H and O–H groups in total. The second kappa shape index (κ2) is 5.45. The third kappa shape index (κ3) is 2.43. The molecule has 0 bridgehead atoms. The number of piperidine rings is 1. The summed E-state index contributed by atoms with van der Waals surface area (Å²) in [6.45, 7) is 3.81. The lowest BCUT2D eigenvalue weighted by Crippen LogP contribution is -2.34. The number of aryl methyl sites for hydroxylation is 1. The van der Waals surface area contributed by atoms with Crippen molar-refractivity contribution in [3.05, 3.63) is 36.4 Å². The molecule has 104 valence electrons. The minimum absolute atomic E-state index is 0.207. The molecule has 1 aliphatic rings. The average molecular weight is 270 g/mol. The number of hydrogen-bond donors (Lipinski definition) is 0. The first-order chi connectivity index (χ1) is 9.78. The summed E-state index contributed by atoms with van der Waals surface area (Å²) in [4.78, 5) is 17.4. The second-order valence-corrected chi connectivity index (χ2v) is 5.29. The molecule has 0 unspecified atom stereocenters. The van der Waals surface area contributed by atoms with Crippen molar-refractivity contribution in [3.8, 4) is 5.69 Å². The maximum Gasteiger partial charge on any atom is 0.123 e. The van der Waals surface area contributed by atoms with E-state index in [1.807, 2.05) is 36.3 Å². The van der Waals surface area contributed by atoms with Gasteiger partial charge < -0.3 is 9.69 Å². The first-order valence-electron chi connectivity index (χ1n) is 6.94. The van der Waals surface area contributed by atoms with Crippen molar-refractivity contribution in [2.75, 3.05) is 18.0 Å². The van der Waals surface area contributed by atoms with Crippen LogP contribution >= 0.6 is 0 Å². The van der Waals surface area contributed by atoms with Crippen LogP contribution in [0.25, 0.3) is 5.69 Å². The Labute approximate surface area is 118 Å². The molecule has 2 aromatic heterocycles. The quantitative estimate of drug-likeness (QED) is 0.800. The fraction of sp³-hybridized carbons (Fsp3) is 0.400. The smallest absolute Gasteiger partial charge is 0.123 e. The lowest BCUT2D eigenvalue weighted by atomic mass is 9.98. The fourth-order valence-electron chi connectivity index (χ4n) is 2.64. The Morgan fingerprint density at radius 1 is 1.25 bits per heavy atom. The van der Waals surface area contributed by atoms with Gasteiger partial charge in [-0.1, -0.05) is 0 Å². The van der Waals surface area contributed by atoms with Crippen LogP contribution in [0.3, 0.4) is 0 Å². The van der Waals surface area contributed by atoms with Crippen molar-refractivity contribution in [3.63, 3.8) is 0 Å². The molecule has 0 aliphatic carbocycles. The zero-order valence-corrected chi connectivity index (χ0v) is 11.6. The second-order valence-electron chi connectivity index (χ2n) is 5.29. The first kappa shape index (κ1) is 12.8. The highest BCUT2D eigenvalue weighted by Gasteiger charge is 2.21. The van der Waals surface area contributed by atoms with Gasteiger partial charge in [0.25, 0.3) is 0 Å². The van der Waals surface area contributed by atoms with Crippen molar-refractivity contribution in [1.29, 1.82) is 0 Å². The van der Waals surface area contributed by atoms with E-state index in [2.05, 4.69) is 15.0 Å². The lowest BCUT2D eigenvalue weighted by Gasteiger charge is -2.32. The minimum Gasteiger partial charge on any atom is -0.368 e. The maximum absolute atomic E-state index is 10.8. The molecule has 1 saturated heterocycles. The predicted molar refractivity (Wildman–Crippen MR) is 77.1 cm³/mol. The molecule has 5 nitrogen and oxygen atoms in total. The normalized spacial score (nSPS) is 16.4. The largest absolute Gasteiger partial charge is 0.368 e. The Hall–Kier alpha value is -2.17. The van der Waals surface area contributed by atoms with Crippen molar-refractivity contribution < 1.29 is 4.79 Å². The van der Waals surface area contributed by atoms with Crippen LogP contribution in [-0.4, -0.2) is 34.1 Å². The standard InChI is InChI=1S/C15H18N4O/c1-12-8-17-19(10-12)14-2-5-16-9-15(14)18-6-3-13(11-20)4-7-18/h2,5,8-11,13H,3-4,6-7H2,1H3. The Bertz CT molecular complexity index is 599. The number of aromatic nitrogens is 3. The van der Waals surface area contributed by atoms with E-state index in [-0.39, 0.29) is 5.92 Å². The van der Waals surface area contributed by atoms with E-state index in [0.29, 0.717) is 0 Å². The van der Waals surface area contributed by atoms with E-state index in [9.17, 15) is 4.79 Å². The number of nitrogens with zero attached hydrogens (tertiary/aromatic N) is 4. The number of carbonyl (C=O) groups is 1. The summed E-state index contributed by atoms with van der Waals surface area (Å²) in [5.41, 5.74) is 3.25. The SMILES string of the molecule is Cc1cnn(-c2ccncc2N2CCC(C=O)CC2)c1. The third-order valence-electron chi connectivity index (χ3n) is 3.81. The van der Waals surface area contributed by atoms with E-state index < -0.39 is 0 Å². The van der Waals surface area contributed by atoms with Crippen LogP contribution in [0.2, 0.25) is 0 Å². The number of anilines is 1. The Morgan fingerprint density at radius 3 is 2.70 bits per heavy atom. The van der Waals surface area contributed by atoms with E-state index in [4.69, 9.17) is 0 Å². The number of rotatable bonds is 3. The lowest BCUT2D eigenvalue weighted by molar-refractivity contribution is -0.111. The molecular formula is C15H18N4O.